The van der Waals surface area contributed by atoms with Gasteiger partial charge in [-0.15, -0.1) is 0 Å². The predicted octanol–water partition coefficient (Wildman–Crippen LogP) is -1.68. The van der Waals surface area contributed by atoms with E-state index >= 15 is 0 Å². The molecular weight excluding hydrogens is 519 g/mol. The molecule has 0 bridgehead atoms. The molecule has 33 heavy (non-hydrogen) atoms. The van der Waals surface area contributed by atoms with Crippen LogP contribution in [0.3, 0.4) is 0 Å². The maximum Gasteiger partial charge on any atom is 0.490 e. The second-order valence-corrected chi connectivity index (χ2v) is 10.8. The van der Waals surface area contributed by atoms with E-state index in [4.69, 9.17) is 25.0 Å². The maximum atomic E-state index is 11.9. The maximum absolute atomic E-state index is 11.9. The van der Waals surface area contributed by atoms with E-state index in [1.165, 1.54) is 7.11 Å². The summed E-state index contributed by atoms with van der Waals surface area (Å²) in [6.45, 7) is -0.876. The normalized spacial score (nSPS) is 27.5. The number of aromatic amines is 1. The van der Waals surface area contributed by atoms with Crippen LogP contribution < -0.4 is 11.3 Å². The number of nitrogens with zero attached hydrogens (tertiary/aromatic N) is 3. The number of aliphatic hydroxyl groups is 1. The number of hydrogen-bond donors (Lipinski definition) is 7. The van der Waals surface area contributed by atoms with Gasteiger partial charge in [0.05, 0.1) is 12.9 Å². The number of phosphoric acid groups is 3. The second kappa shape index (κ2) is 9.24. The number of H-pyrrole nitrogens is 1. The highest BCUT2D eigenvalue weighted by atomic mass is 31.3. The third kappa shape index (κ3) is 6.12. The number of anilines is 1. The quantitative estimate of drug-likeness (QED) is 0.176. The highest BCUT2D eigenvalue weighted by Gasteiger charge is 2.48. The van der Waals surface area contributed by atoms with E-state index in [0.29, 0.717) is 0 Å². The molecule has 3 heterocycles. The van der Waals surface area contributed by atoms with Gasteiger partial charge >= 0.3 is 23.5 Å². The van der Waals surface area contributed by atoms with E-state index in [1.807, 2.05) is 0 Å². The van der Waals surface area contributed by atoms with Gasteiger partial charge in [0.1, 0.15) is 18.3 Å². The van der Waals surface area contributed by atoms with E-state index in [1.54, 1.807) is 0 Å². The number of phosphoric ester groups is 1. The Morgan fingerprint density at radius 3 is 2.48 bits per heavy atom. The Morgan fingerprint density at radius 2 is 1.88 bits per heavy atom. The van der Waals surface area contributed by atoms with Crippen LogP contribution >= 0.6 is 23.5 Å². The van der Waals surface area contributed by atoms with Gasteiger partial charge in [-0.05, 0) is 0 Å². The van der Waals surface area contributed by atoms with Crippen molar-refractivity contribution in [3.63, 3.8) is 0 Å². The fourth-order valence-corrected chi connectivity index (χ4v) is 6.00. The number of aromatic nitrogens is 4. The van der Waals surface area contributed by atoms with Crippen molar-refractivity contribution in [3.8, 4) is 0 Å². The first-order chi connectivity index (χ1) is 15.1. The van der Waals surface area contributed by atoms with E-state index in [2.05, 4.69) is 28.1 Å². The summed E-state index contributed by atoms with van der Waals surface area (Å²) in [5, 5.41) is 10.6. The number of methoxy groups -OCH3 is 1. The lowest BCUT2D eigenvalue weighted by molar-refractivity contribution is -0.0526. The Kier molecular flexibility index (Phi) is 7.29. The SMILES string of the molecule is CO[C@H]1[C@@H](O)[C@H](n2cnc3c(=O)[nH]c(N)nc32)O[C@@H]1COP(=O)(O)OP(=O)(O)OP(=O)(O)O. The summed E-state index contributed by atoms with van der Waals surface area (Å²) in [7, 11) is -15.5. The molecule has 0 saturated carbocycles. The number of imidazole rings is 1. The van der Waals surface area contributed by atoms with Gasteiger partial charge in [0.15, 0.2) is 17.4 Å². The minimum Gasteiger partial charge on any atom is -0.386 e. The first-order valence-corrected chi connectivity index (χ1v) is 13.0. The Labute approximate surface area is 182 Å². The Hall–Kier alpha value is -1.56. The van der Waals surface area contributed by atoms with Gasteiger partial charge in [0.2, 0.25) is 5.95 Å². The van der Waals surface area contributed by atoms with Crippen LogP contribution in [0.15, 0.2) is 11.1 Å². The lowest BCUT2D eigenvalue weighted by atomic mass is 10.1. The number of hydrogen-bond acceptors (Lipinski definition) is 13. The standard InChI is InChI=1S/C11H18N5O14P3/c1-26-7-4(2-27-32(22,23)30-33(24,25)29-31(19,20)21)28-10(6(7)17)16-3-13-5-8(16)14-11(12)15-9(5)18/h3-4,6-7,10,17H,2H2,1H3,(H,22,23)(H,24,25)(H2,19,20,21)(H3,12,14,15,18)/t4-,6-,7-,10-/m1/s1. The first kappa shape index (κ1) is 26.1. The molecule has 2 aromatic heterocycles. The third-order valence-corrected chi connectivity index (χ3v) is 7.93. The summed E-state index contributed by atoms with van der Waals surface area (Å²) in [4.78, 5) is 57.8. The average Bonchev–Trinajstić information content (AvgIpc) is 3.17. The molecule has 3 rings (SSSR count). The van der Waals surface area contributed by atoms with Crippen LogP contribution in [0.25, 0.3) is 11.2 Å². The number of rotatable bonds is 9. The second-order valence-electron chi connectivity index (χ2n) is 6.42. The van der Waals surface area contributed by atoms with Crippen LogP contribution in [-0.2, 0) is 36.3 Å². The Morgan fingerprint density at radius 1 is 1.21 bits per heavy atom. The van der Waals surface area contributed by atoms with Crippen LogP contribution in [0.4, 0.5) is 5.95 Å². The summed E-state index contributed by atoms with van der Waals surface area (Å²) in [5.41, 5.74) is 4.69. The molecule has 6 atom stereocenters. The summed E-state index contributed by atoms with van der Waals surface area (Å²) >= 11 is 0. The molecule has 186 valence electrons. The summed E-state index contributed by atoms with van der Waals surface area (Å²) in [6.07, 6.45) is -4.11. The molecule has 0 spiro atoms. The zero-order chi connectivity index (χ0) is 24.8. The summed E-state index contributed by atoms with van der Waals surface area (Å²) in [5.74, 6) is -0.241. The van der Waals surface area contributed by atoms with Crippen LogP contribution in [0.1, 0.15) is 6.23 Å². The van der Waals surface area contributed by atoms with Crippen molar-refractivity contribution < 1.29 is 61.0 Å². The monoisotopic (exact) mass is 537 g/mol. The zero-order valence-electron chi connectivity index (χ0n) is 16.3. The molecule has 0 aliphatic carbocycles. The van der Waals surface area contributed by atoms with Crippen LogP contribution in [0.5, 0.6) is 0 Å². The molecule has 1 aliphatic heterocycles. The average molecular weight is 537 g/mol. The topological polar surface area (TPSA) is 288 Å². The minimum atomic E-state index is -5.71. The lowest BCUT2D eigenvalue weighted by Gasteiger charge is -2.20. The number of aliphatic hydroxyl groups excluding tert-OH is 1. The number of fused-ring (bicyclic) bond motifs is 1. The minimum absolute atomic E-state index is 0.0521. The number of ether oxygens (including phenoxy) is 2. The summed E-state index contributed by atoms with van der Waals surface area (Å²) < 4.78 is 57.6. The highest BCUT2D eigenvalue weighted by Crippen LogP contribution is 2.66. The molecule has 0 aromatic carbocycles. The van der Waals surface area contributed by atoms with E-state index in [-0.39, 0.29) is 17.1 Å². The van der Waals surface area contributed by atoms with Crippen molar-refractivity contribution in [1.29, 1.82) is 0 Å². The number of nitrogens with two attached hydrogens (primary N) is 1. The zero-order valence-corrected chi connectivity index (χ0v) is 18.9. The van der Waals surface area contributed by atoms with Crippen LogP contribution in [0, 0.1) is 0 Å². The molecule has 22 heteroatoms. The fraction of sp³-hybridized carbons (Fsp3) is 0.545. The molecule has 1 fully saturated rings. The highest BCUT2D eigenvalue weighted by molar-refractivity contribution is 7.66. The number of nitrogens with one attached hydrogen (secondary N) is 1. The molecule has 2 aromatic rings. The van der Waals surface area contributed by atoms with Gasteiger partial charge in [-0.25, -0.2) is 18.7 Å². The summed E-state index contributed by atoms with van der Waals surface area (Å²) in [6, 6.07) is 0. The molecule has 0 amide bonds. The first-order valence-electron chi connectivity index (χ1n) is 8.49. The van der Waals surface area contributed by atoms with E-state index in [0.717, 1.165) is 10.9 Å². The lowest BCUT2D eigenvalue weighted by Crippen LogP contribution is -2.35. The molecule has 0 radical (unpaired) electrons. The van der Waals surface area contributed by atoms with Gasteiger partial charge in [-0.3, -0.25) is 18.9 Å². The van der Waals surface area contributed by atoms with Crippen molar-refractivity contribution in [2.45, 2.75) is 24.5 Å². The molecule has 19 nitrogen and oxygen atoms in total. The van der Waals surface area contributed by atoms with Crippen molar-refractivity contribution in [2.24, 2.45) is 0 Å². The Balaban J connectivity index is 1.76. The van der Waals surface area contributed by atoms with Crippen molar-refractivity contribution in [2.75, 3.05) is 19.5 Å². The van der Waals surface area contributed by atoms with Gasteiger partial charge in [-0.2, -0.15) is 13.6 Å². The van der Waals surface area contributed by atoms with Gasteiger partial charge < -0.3 is 39.9 Å². The molecule has 8 N–H and O–H groups in total. The van der Waals surface area contributed by atoms with Crippen LogP contribution in [0.2, 0.25) is 0 Å². The van der Waals surface area contributed by atoms with Gasteiger partial charge in [0, 0.05) is 7.11 Å². The van der Waals surface area contributed by atoms with Crippen molar-refractivity contribution in [3.05, 3.63) is 16.7 Å². The fourth-order valence-electron chi connectivity index (χ4n) is 2.97. The molecular formula is C11H18N5O14P3. The largest absolute Gasteiger partial charge is 0.490 e. The molecule has 2 unspecified atom stereocenters. The van der Waals surface area contributed by atoms with E-state index < -0.39 is 60.2 Å². The third-order valence-electron chi connectivity index (χ3n) is 4.12. The molecule has 1 saturated heterocycles. The van der Waals surface area contributed by atoms with Gasteiger partial charge in [0.25, 0.3) is 5.56 Å². The van der Waals surface area contributed by atoms with Crippen molar-refractivity contribution in [1.82, 2.24) is 19.5 Å². The smallest absolute Gasteiger partial charge is 0.386 e. The van der Waals surface area contributed by atoms with Gasteiger partial charge in [-0.1, -0.05) is 0 Å². The van der Waals surface area contributed by atoms with Crippen LogP contribution in [-0.4, -0.2) is 76.2 Å². The predicted molar refractivity (Wildman–Crippen MR) is 103 cm³/mol. The van der Waals surface area contributed by atoms with E-state index in [9.17, 15) is 33.4 Å². The molecule has 1 aliphatic rings. The van der Waals surface area contributed by atoms with Crippen molar-refractivity contribution >= 4 is 40.6 Å². The Bertz CT molecular complexity index is 1230. The number of nitrogen functional groups attached to an aromatic ring is 1.